The van der Waals surface area contributed by atoms with E-state index in [1.54, 1.807) is 14.2 Å². The van der Waals surface area contributed by atoms with Crippen molar-refractivity contribution in [2.75, 3.05) is 20.8 Å². The summed E-state index contributed by atoms with van der Waals surface area (Å²) in [6.07, 6.45) is 5.37. The van der Waals surface area contributed by atoms with Crippen LogP contribution in [0, 0.1) is 0 Å². The molecule has 96 valence electrons. The van der Waals surface area contributed by atoms with Crippen molar-refractivity contribution in [3.8, 4) is 11.5 Å². The van der Waals surface area contributed by atoms with E-state index in [9.17, 15) is 0 Å². The number of ether oxygens (including phenoxy) is 2. The summed E-state index contributed by atoms with van der Waals surface area (Å²) in [7, 11) is 3.30. The van der Waals surface area contributed by atoms with Crippen molar-refractivity contribution in [3.63, 3.8) is 0 Å². The standard InChI is InChI=1S/C14H22O3/c1-16-13-9-8-12(11-14(13)17-2)7-5-3-4-6-10-15/h8-9,11,15H,3-7,10H2,1-2H3. The van der Waals surface area contributed by atoms with E-state index in [1.807, 2.05) is 12.1 Å². The van der Waals surface area contributed by atoms with Gasteiger partial charge in [0.1, 0.15) is 0 Å². The number of hydrogen-bond acceptors (Lipinski definition) is 3. The topological polar surface area (TPSA) is 38.7 Å². The molecule has 3 heteroatoms. The van der Waals surface area contributed by atoms with Gasteiger partial charge in [-0.05, 0) is 37.0 Å². The number of aryl methyl sites for hydroxylation is 1. The molecule has 1 aromatic carbocycles. The van der Waals surface area contributed by atoms with E-state index in [0.29, 0.717) is 6.61 Å². The summed E-state index contributed by atoms with van der Waals surface area (Å²) in [5.74, 6) is 1.57. The fourth-order valence-corrected chi connectivity index (χ4v) is 1.83. The highest BCUT2D eigenvalue weighted by Gasteiger charge is 2.04. The molecular weight excluding hydrogens is 216 g/mol. The van der Waals surface area contributed by atoms with Gasteiger partial charge in [0.15, 0.2) is 11.5 Å². The average molecular weight is 238 g/mol. The minimum atomic E-state index is 0.302. The highest BCUT2D eigenvalue weighted by molar-refractivity contribution is 5.42. The van der Waals surface area contributed by atoms with Crippen LogP contribution < -0.4 is 9.47 Å². The molecule has 0 aliphatic rings. The summed E-state index contributed by atoms with van der Waals surface area (Å²) in [6.45, 7) is 0.302. The molecule has 0 unspecified atom stereocenters. The highest BCUT2D eigenvalue weighted by atomic mass is 16.5. The zero-order chi connectivity index (χ0) is 12.5. The van der Waals surface area contributed by atoms with Crippen LogP contribution in [0.3, 0.4) is 0 Å². The maximum absolute atomic E-state index is 8.68. The third-order valence-corrected chi connectivity index (χ3v) is 2.82. The normalized spacial score (nSPS) is 10.3. The first-order valence-electron chi connectivity index (χ1n) is 6.13. The summed E-state index contributed by atoms with van der Waals surface area (Å²) in [5.41, 5.74) is 1.27. The minimum Gasteiger partial charge on any atom is -0.493 e. The van der Waals surface area contributed by atoms with Crippen LogP contribution in [0.25, 0.3) is 0 Å². The van der Waals surface area contributed by atoms with E-state index in [2.05, 4.69) is 6.07 Å². The quantitative estimate of drug-likeness (QED) is 0.708. The Kier molecular flexibility index (Phi) is 6.48. The third-order valence-electron chi connectivity index (χ3n) is 2.82. The first kappa shape index (κ1) is 13.8. The van der Waals surface area contributed by atoms with Gasteiger partial charge in [-0.1, -0.05) is 18.9 Å². The molecule has 0 saturated carbocycles. The average Bonchev–Trinajstić information content (AvgIpc) is 2.38. The second-order valence-corrected chi connectivity index (χ2v) is 4.08. The van der Waals surface area contributed by atoms with Crippen LogP contribution >= 0.6 is 0 Å². The van der Waals surface area contributed by atoms with Gasteiger partial charge >= 0.3 is 0 Å². The Morgan fingerprint density at radius 2 is 1.65 bits per heavy atom. The Labute approximate surface area is 103 Å². The molecule has 0 fully saturated rings. The molecule has 0 saturated heterocycles. The van der Waals surface area contributed by atoms with Crippen LogP contribution in [0.4, 0.5) is 0 Å². The van der Waals surface area contributed by atoms with Gasteiger partial charge in [-0.2, -0.15) is 0 Å². The Balaban J connectivity index is 2.43. The van der Waals surface area contributed by atoms with Gasteiger partial charge in [0.25, 0.3) is 0 Å². The Hall–Kier alpha value is -1.22. The molecule has 0 spiro atoms. The number of benzene rings is 1. The van der Waals surface area contributed by atoms with Crippen LogP contribution in [0.2, 0.25) is 0 Å². The number of aliphatic hydroxyl groups excluding tert-OH is 1. The molecule has 0 aliphatic heterocycles. The van der Waals surface area contributed by atoms with Crippen molar-refractivity contribution < 1.29 is 14.6 Å². The number of methoxy groups -OCH3 is 2. The van der Waals surface area contributed by atoms with Crippen LogP contribution in [0.1, 0.15) is 31.2 Å². The third kappa shape index (κ3) is 4.65. The van der Waals surface area contributed by atoms with E-state index in [0.717, 1.165) is 43.6 Å². The van der Waals surface area contributed by atoms with Gasteiger partial charge in [0.2, 0.25) is 0 Å². The summed E-state index contributed by atoms with van der Waals surface area (Å²) < 4.78 is 10.5. The van der Waals surface area contributed by atoms with E-state index in [1.165, 1.54) is 5.56 Å². The maximum Gasteiger partial charge on any atom is 0.160 e. The monoisotopic (exact) mass is 238 g/mol. The molecule has 1 aromatic rings. The molecular formula is C14H22O3. The predicted octanol–water partition coefficient (Wildman–Crippen LogP) is 2.80. The Bertz CT molecular complexity index is 323. The van der Waals surface area contributed by atoms with E-state index >= 15 is 0 Å². The summed E-state index contributed by atoms with van der Waals surface area (Å²) >= 11 is 0. The fraction of sp³-hybridized carbons (Fsp3) is 0.571. The van der Waals surface area contributed by atoms with Gasteiger partial charge in [0, 0.05) is 6.61 Å². The van der Waals surface area contributed by atoms with Crippen molar-refractivity contribution in [1.29, 1.82) is 0 Å². The van der Waals surface area contributed by atoms with E-state index in [-0.39, 0.29) is 0 Å². The zero-order valence-corrected chi connectivity index (χ0v) is 10.7. The summed E-state index contributed by atoms with van der Waals surface area (Å²) in [6, 6.07) is 6.06. The van der Waals surface area contributed by atoms with Gasteiger partial charge in [-0.25, -0.2) is 0 Å². The first-order chi connectivity index (χ1) is 8.31. The second-order valence-electron chi connectivity index (χ2n) is 4.08. The van der Waals surface area contributed by atoms with Crippen LogP contribution in [-0.2, 0) is 6.42 Å². The van der Waals surface area contributed by atoms with Gasteiger partial charge in [0.05, 0.1) is 14.2 Å². The van der Waals surface area contributed by atoms with Crippen LogP contribution in [-0.4, -0.2) is 25.9 Å². The van der Waals surface area contributed by atoms with Gasteiger partial charge < -0.3 is 14.6 Å². The fourth-order valence-electron chi connectivity index (χ4n) is 1.83. The molecule has 1 N–H and O–H groups in total. The smallest absolute Gasteiger partial charge is 0.160 e. The molecule has 0 heterocycles. The zero-order valence-electron chi connectivity index (χ0n) is 10.7. The lowest BCUT2D eigenvalue weighted by atomic mass is 10.1. The lowest BCUT2D eigenvalue weighted by Gasteiger charge is -2.09. The largest absolute Gasteiger partial charge is 0.493 e. The minimum absolute atomic E-state index is 0.302. The van der Waals surface area contributed by atoms with Gasteiger partial charge in [-0.3, -0.25) is 0 Å². The second kappa shape index (κ2) is 7.96. The molecule has 0 atom stereocenters. The molecule has 17 heavy (non-hydrogen) atoms. The van der Waals surface area contributed by atoms with Crippen molar-refractivity contribution in [1.82, 2.24) is 0 Å². The molecule has 3 nitrogen and oxygen atoms in total. The molecule has 0 aromatic heterocycles. The molecule has 0 aliphatic carbocycles. The van der Waals surface area contributed by atoms with Crippen molar-refractivity contribution in [2.45, 2.75) is 32.1 Å². The Morgan fingerprint density at radius 1 is 0.941 bits per heavy atom. The molecule has 1 rings (SSSR count). The highest BCUT2D eigenvalue weighted by Crippen LogP contribution is 2.28. The summed E-state index contributed by atoms with van der Waals surface area (Å²) in [5, 5.41) is 8.68. The van der Waals surface area contributed by atoms with Gasteiger partial charge in [-0.15, -0.1) is 0 Å². The summed E-state index contributed by atoms with van der Waals surface area (Å²) in [4.78, 5) is 0. The lowest BCUT2D eigenvalue weighted by Crippen LogP contribution is -1.93. The maximum atomic E-state index is 8.68. The number of aliphatic hydroxyl groups is 1. The number of unbranched alkanes of at least 4 members (excludes halogenated alkanes) is 3. The van der Waals surface area contributed by atoms with Crippen molar-refractivity contribution in [3.05, 3.63) is 23.8 Å². The van der Waals surface area contributed by atoms with Crippen LogP contribution in [0.5, 0.6) is 11.5 Å². The lowest BCUT2D eigenvalue weighted by molar-refractivity contribution is 0.282. The number of rotatable bonds is 8. The Morgan fingerprint density at radius 3 is 2.29 bits per heavy atom. The number of hydrogen-bond donors (Lipinski definition) is 1. The predicted molar refractivity (Wildman–Crippen MR) is 68.8 cm³/mol. The van der Waals surface area contributed by atoms with Crippen molar-refractivity contribution in [2.24, 2.45) is 0 Å². The van der Waals surface area contributed by atoms with Crippen LogP contribution in [0.15, 0.2) is 18.2 Å². The van der Waals surface area contributed by atoms with Crippen molar-refractivity contribution >= 4 is 0 Å². The first-order valence-corrected chi connectivity index (χ1v) is 6.13. The SMILES string of the molecule is COc1ccc(CCCCCCO)cc1OC. The molecule has 0 radical (unpaired) electrons. The molecule has 0 amide bonds. The van der Waals surface area contributed by atoms with E-state index in [4.69, 9.17) is 14.6 Å². The van der Waals surface area contributed by atoms with E-state index < -0.39 is 0 Å². The molecule has 0 bridgehead atoms.